The molecule has 0 aliphatic rings. The van der Waals surface area contributed by atoms with Crippen LogP contribution in [0.1, 0.15) is 99.3 Å². The summed E-state index contributed by atoms with van der Waals surface area (Å²) in [6, 6.07) is 20.8. The third-order valence-corrected chi connectivity index (χ3v) is 9.39. The molecular formula is C44H55IrN2O3-. The second-order valence-electron chi connectivity index (χ2n) is 14.6. The van der Waals surface area contributed by atoms with E-state index in [1.807, 2.05) is 44.7 Å². The van der Waals surface area contributed by atoms with E-state index in [1.54, 1.807) is 6.20 Å². The summed E-state index contributed by atoms with van der Waals surface area (Å²) >= 11 is 0. The molecule has 0 spiro atoms. The van der Waals surface area contributed by atoms with E-state index >= 15 is 0 Å². The molecule has 3 aromatic heterocycles. The van der Waals surface area contributed by atoms with Crippen LogP contribution in [0.5, 0.6) is 0 Å². The topological polar surface area (TPSA) is 67.2 Å². The standard InChI is InChI=1S/C31H31N2O.C13H24O2.Ir/c1-20(2)13-24-17-26-27(18-32-19-30(26)34-24)22-11-12-33(6)29(16-22)23-14-21-9-7-8-10-25(21)28(15-23)31(3,4)5;1-5-10(6-2)12(14)9-13(15)11(7-3)8-4;/h7-12,15-20H,6,13H2,1-5H3;9-11,14H,5-8H2,1-4H3;/q-1;;/b;12-9-;. The minimum atomic E-state index is 0. The summed E-state index contributed by atoms with van der Waals surface area (Å²) in [5.74, 6) is 2.08. The fourth-order valence-electron chi connectivity index (χ4n) is 6.44. The first-order valence-electron chi connectivity index (χ1n) is 17.9. The number of aliphatic hydroxyl groups excluding tert-OH is 1. The average molecular weight is 852 g/mol. The molecule has 50 heavy (non-hydrogen) atoms. The van der Waals surface area contributed by atoms with Gasteiger partial charge in [-0.05, 0) is 60.8 Å². The molecule has 2 aromatic carbocycles. The Hall–Kier alpha value is -3.73. The zero-order valence-corrected chi connectivity index (χ0v) is 33.8. The molecule has 5 rings (SSSR count). The number of pyridine rings is 2. The SMILES string of the molecule is CCC(CC)C(=O)/C=C(\O)C(CC)CC.[CH2-][n+]1ccc(-c2cncc3oc(CC(C)C)cc23)cc1-c1[c-]c2ccccc2c(C(C)(C)C)c1.[Ir]. The van der Waals surface area contributed by atoms with E-state index in [9.17, 15) is 9.90 Å². The minimum absolute atomic E-state index is 0. The number of nitrogens with zero attached hydrogens (tertiary/aromatic N) is 2. The molecule has 5 aromatic rings. The van der Waals surface area contributed by atoms with Crippen molar-refractivity contribution in [3.8, 4) is 22.4 Å². The molecule has 0 saturated carbocycles. The fraction of sp³-hybridized carbons (Fsp3) is 0.409. The van der Waals surface area contributed by atoms with Gasteiger partial charge in [0, 0.05) is 68.6 Å². The Labute approximate surface area is 313 Å². The van der Waals surface area contributed by atoms with Crippen LogP contribution in [0.2, 0.25) is 0 Å². The van der Waals surface area contributed by atoms with Crippen molar-refractivity contribution in [1.82, 2.24) is 4.98 Å². The van der Waals surface area contributed by atoms with E-state index in [0.717, 1.165) is 76.6 Å². The smallest absolute Gasteiger partial charge is 0.162 e. The molecule has 0 fully saturated rings. The maximum Gasteiger partial charge on any atom is 0.162 e. The van der Waals surface area contributed by atoms with Gasteiger partial charge in [0.25, 0.3) is 0 Å². The molecule has 3 heterocycles. The second-order valence-corrected chi connectivity index (χ2v) is 14.6. The van der Waals surface area contributed by atoms with Gasteiger partial charge in [0.2, 0.25) is 0 Å². The minimum Gasteiger partial charge on any atom is -0.512 e. The van der Waals surface area contributed by atoms with Crippen molar-refractivity contribution in [2.24, 2.45) is 17.8 Å². The van der Waals surface area contributed by atoms with Gasteiger partial charge in [0.15, 0.2) is 11.4 Å². The van der Waals surface area contributed by atoms with Crippen molar-refractivity contribution < 1.29 is 39.0 Å². The summed E-state index contributed by atoms with van der Waals surface area (Å²) in [7, 11) is 4.27. The molecule has 0 bridgehead atoms. The van der Waals surface area contributed by atoms with Gasteiger partial charge in [-0.3, -0.25) is 9.78 Å². The van der Waals surface area contributed by atoms with Crippen molar-refractivity contribution >= 4 is 27.5 Å². The molecule has 0 atom stereocenters. The van der Waals surface area contributed by atoms with Crippen LogP contribution in [0.25, 0.3) is 44.1 Å². The Kier molecular flexibility index (Phi) is 14.6. The number of carbonyl (C=O) groups excluding carboxylic acids is 1. The Bertz CT molecular complexity index is 1910. The number of carbonyl (C=O) groups is 1. The third kappa shape index (κ3) is 9.74. The van der Waals surface area contributed by atoms with Gasteiger partial charge in [-0.25, -0.2) is 0 Å². The molecule has 6 heteroatoms. The average Bonchev–Trinajstić information content (AvgIpc) is 3.47. The Balaban J connectivity index is 0.000000361. The number of furan rings is 1. The van der Waals surface area contributed by atoms with Gasteiger partial charge in [-0.1, -0.05) is 91.5 Å². The molecule has 0 saturated heterocycles. The largest absolute Gasteiger partial charge is 0.512 e. The molecule has 269 valence electrons. The van der Waals surface area contributed by atoms with Crippen molar-refractivity contribution in [3.05, 3.63) is 103 Å². The molecule has 1 N–H and O–H groups in total. The van der Waals surface area contributed by atoms with Crippen LogP contribution in [0.15, 0.2) is 83.4 Å². The third-order valence-electron chi connectivity index (χ3n) is 9.39. The van der Waals surface area contributed by atoms with Gasteiger partial charge in [0.05, 0.1) is 18.2 Å². The zero-order valence-electron chi connectivity index (χ0n) is 31.4. The second kappa shape index (κ2) is 18.0. The zero-order chi connectivity index (χ0) is 35.9. The van der Waals surface area contributed by atoms with E-state index in [4.69, 9.17) is 4.42 Å². The first-order chi connectivity index (χ1) is 23.3. The monoisotopic (exact) mass is 852 g/mol. The molecular weight excluding hydrogens is 797 g/mol. The molecule has 0 amide bonds. The summed E-state index contributed by atoms with van der Waals surface area (Å²) < 4.78 is 8.02. The van der Waals surface area contributed by atoms with Crippen LogP contribution in [0, 0.1) is 30.9 Å². The van der Waals surface area contributed by atoms with Gasteiger partial charge in [-0.15, -0.1) is 29.1 Å². The fourth-order valence-corrected chi connectivity index (χ4v) is 6.44. The van der Waals surface area contributed by atoms with Gasteiger partial charge >= 0.3 is 0 Å². The summed E-state index contributed by atoms with van der Waals surface area (Å²) in [4.78, 5) is 16.2. The van der Waals surface area contributed by atoms with Gasteiger partial charge in [0.1, 0.15) is 11.5 Å². The van der Waals surface area contributed by atoms with Crippen LogP contribution in [-0.4, -0.2) is 15.9 Å². The van der Waals surface area contributed by atoms with Crippen molar-refractivity contribution in [1.29, 1.82) is 0 Å². The number of aromatic nitrogens is 2. The number of ketones is 1. The first kappa shape index (κ1) is 40.7. The maximum absolute atomic E-state index is 11.7. The Morgan fingerprint density at radius 3 is 2.24 bits per heavy atom. The van der Waals surface area contributed by atoms with E-state index in [0.29, 0.717) is 5.92 Å². The van der Waals surface area contributed by atoms with E-state index < -0.39 is 0 Å². The molecule has 0 unspecified atom stereocenters. The number of aliphatic hydroxyl groups is 1. The Morgan fingerprint density at radius 2 is 1.62 bits per heavy atom. The maximum atomic E-state index is 11.7. The Morgan fingerprint density at radius 1 is 0.960 bits per heavy atom. The first-order valence-corrected chi connectivity index (χ1v) is 17.9. The number of fused-ring (bicyclic) bond motifs is 2. The van der Waals surface area contributed by atoms with Crippen LogP contribution in [0.3, 0.4) is 0 Å². The summed E-state index contributed by atoms with van der Waals surface area (Å²) in [6.45, 7) is 19.2. The van der Waals surface area contributed by atoms with Gasteiger partial charge in [-0.2, -0.15) is 0 Å². The van der Waals surface area contributed by atoms with Crippen LogP contribution >= 0.6 is 0 Å². The molecule has 1 radical (unpaired) electrons. The van der Waals surface area contributed by atoms with Crippen molar-refractivity contribution in [3.63, 3.8) is 0 Å². The molecule has 0 aliphatic heterocycles. The number of benzene rings is 2. The number of rotatable bonds is 11. The number of hydrogen-bond acceptors (Lipinski definition) is 4. The number of allylic oxidation sites excluding steroid dienone is 2. The molecule has 5 nitrogen and oxygen atoms in total. The van der Waals surface area contributed by atoms with E-state index in [1.165, 1.54) is 17.0 Å². The van der Waals surface area contributed by atoms with E-state index in [-0.39, 0.29) is 48.9 Å². The summed E-state index contributed by atoms with van der Waals surface area (Å²) in [5.41, 5.74) is 6.34. The molecule has 0 aliphatic carbocycles. The number of hydrogen-bond donors (Lipinski definition) is 1. The quantitative estimate of drug-likeness (QED) is 0.0622. The predicted molar refractivity (Wildman–Crippen MR) is 203 cm³/mol. The van der Waals surface area contributed by atoms with E-state index in [2.05, 4.69) is 101 Å². The normalized spacial score (nSPS) is 12.0. The summed E-state index contributed by atoms with van der Waals surface area (Å²) in [6.07, 6.45) is 11.6. The van der Waals surface area contributed by atoms with Crippen molar-refractivity contribution in [2.75, 3.05) is 0 Å². The van der Waals surface area contributed by atoms with Crippen LogP contribution in [-0.2, 0) is 36.7 Å². The van der Waals surface area contributed by atoms with Crippen LogP contribution < -0.4 is 4.57 Å². The summed E-state index contributed by atoms with van der Waals surface area (Å²) in [5, 5.41) is 13.2. The predicted octanol–water partition coefficient (Wildman–Crippen LogP) is 11.4. The van der Waals surface area contributed by atoms with Crippen LogP contribution in [0.4, 0.5) is 0 Å². The van der Waals surface area contributed by atoms with Crippen molar-refractivity contribution in [2.45, 2.75) is 99.8 Å². The van der Waals surface area contributed by atoms with Gasteiger partial charge < -0.3 is 14.1 Å².